The molecule has 4 rings (SSSR count). The Kier molecular flexibility index (Phi) is 4.48. The third-order valence-corrected chi connectivity index (χ3v) is 5.86. The van der Waals surface area contributed by atoms with Gasteiger partial charge in [0, 0.05) is 30.3 Å². The second-order valence-corrected chi connectivity index (χ2v) is 7.60. The second-order valence-electron chi connectivity index (χ2n) is 7.22. The smallest absolute Gasteiger partial charge is 0.174 e. The van der Waals surface area contributed by atoms with E-state index in [1.807, 2.05) is 18.3 Å². The molecule has 5 heteroatoms. The number of anilines is 1. The van der Waals surface area contributed by atoms with Gasteiger partial charge in [-0.2, -0.15) is 0 Å². The van der Waals surface area contributed by atoms with Crippen LogP contribution in [0.3, 0.4) is 0 Å². The van der Waals surface area contributed by atoms with Crippen LogP contribution in [0, 0.1) is 20.8 Å². The average Bonchev–Trinajstić information content (AvgIpc) is 3.14. The molecule has 0 aliphatic carbocycles. The van der Waals surface area contributed by atoms with Gasteiger partial charge in [0.1, 0.15) is 0 Å². The fraction of sp³-hybridized carbons (Fsp3) is 0.273. The number of pyridine rings is 1. The zero-order valence-electron chi connectivity index (χ0n) is 16.1. The van der Waals surface area contributed by atoms with Gasteiger partial charge in [-0.1, -0.05) is 23.8 Å². The summed E-state index contributed by atoms with van der Waals surface area (Å²) in [5.41, 5.74) is 7.11. The van der Waals surface area contributed by atoms with Crippen LogP contribution in [0.25, 0.3) is 0 Å². The summed E-state index contributed by atoms with van der Waals surface area (Å²) in [6, 6.07) is 16.9. The van der Waals surface area contributed by atoms with Crippen molar-refractivity contribution in [3.63, 3.8) is 0 Å². The first-order valence-corrected chi connectivity index (χ1v) is 9.58. The van der Waals surface area contributed by atoms with Gasteiger partial charge < -0.3 is 14.8 Å². The first-order chi connectivity index (χ1) is 13.0. The molecule has 1 aromatic carbocycles. The normalized spacial score (nSPS) is 19.4. The van der Waals surface area contributed by atoms with Crippen LogP contribution in [0.1, 0.15) is 40.3 Å². The average molecular weight is 377 g/mol. The quantitative estimate of drug-likeness (QED) is 0.681. The lowest BCUT2D eigenvalue weighted by molar-refractivity contribution is 0.564. The topological polar surface area (TPSA) is 33.1 Å². The molecule has 0 radical (unpaired) electrons. The summed E-state index contributed by atoms with van der Waals surface area (Å²) in [7, 11) is 2.11. The molecule has 1 aliphatic heterocycles. The standard InChI is InChI=1S/C22H24N4S/c1-14-8-10-17(11-9-14)26-21(18-13-15(2)25(4)16(18)3)20(24-22(26)27)19-7-5-6-12-23-19/h5-13,20-21H,1-4H3,(H,24,27)/t20-,21-/m1/s1. The van der Waals surface area contributed by atoms with Crippen LogP contribution in [-0.4, -0.2) is 14.7 Å². The maximum absolute atomic E-state index is 5.77. The van der Waals surface area contributed by atoms with E-state index in [2.05, 4.69) is 84.0 Å². The molecule has 1 N–H and O–H groups in total. The number of benzene rings is 1. The maximum atomic E-state index is 5.77. The first kappa shape index (κ1) is 17.7. The molecule has 2 aromatic heterocycles. The lowest BCUT2D eigenvalue weighted by atomic mass is 9.96. The molecule has 2 atom stereocenters. The molecule has 1 aliphatic rings. The largest absolute Gasteiger partial charge is 0.352 e. The lowest BCUT2D eigenvalue weighted by Crippen LogP contribution is -2.29. The van der Waals surface area contributed by atoms with Crippen LogP contribution in [0.2, 0.25) is 0 Å². The highest BCUT2D eigenvalue weighted by Crippen LogP contribution is 2.43. The molecule has 0 spiro atoms. The van der Waals surface area contributed by atoms with E-state index in [4.69, 9.17) is 12.2 Å². The van der Waals surface area contributed by atoms with E-state index in [0.29, 0.717) is 0 Å². The summed E-state index contributed by atoms with van der Waals surface area (Å²) in [5, 5.41) is 4.26. The number of nitrogens with zero attached hydrogens (tertiary/aromatic N) is 3. The minimum absolute atomic E-state index is 0.000466. The van der Waals surface area contributed by atoms with Crippen molar-refractivity contribution < 1.29 is 0 Å². The fourth-order valence-corrected chi connectivity index (χ4v) is 4.18. The minimum atomic E-state index is 0.000466. The van der Waals surface area contributed by atoms with Gasteiger partial charge in [-0.25, -0.2) is 0 Å². The Labute approximate surface area is 165 Å². The van der Waals surface area contributed by atoms with E-state index in [0.717, 1.165) is 16.5 Å². The Hall–Kier alpha value is -2.66. The van der Waals surface area contributed by atoms with E-state index in [-0.39, 0.29) is 12.1 Å². The van der Waals surface area contributed by atoms with Crippen molar-refractivity contribution in [2.24, 2.45) is 7.05 Å². The zero-order valence-corrected chi connectivity index (χ0v) is 16.9. The third kappa shape index (κ3) is 3.02. The van der Waals surface area contributed by atoms with Crippen molar-refractivity contribution in [2.75, 3.05) is 4.90 Å². The Morgan fingerprint density at radius 2 is 1.78 bits per heavy atom. The molecule has 0 saturated carbocycles. The van der Waals surface area contributed by atoms with Crippen LogP contribution in [0.5, 0.6) is 0 Å². The molecular weight excluding hydrogens is 352 g/mol. The van der Waals surface area contributed by atoms with E-state index in [9.17, 15) is 0 Å². The molecule has 4 nitrogen and oxygen atoms in total. The summed E-state index contributed by atoms with van der Waals surface area (Å²) >= 11 is 5.77. The predicted molar refractivity (Wildman–Crippen MR) is 114 cm³/mol. The summed E-state index contributed by atoms with van der Waals surface area (Å²) < 4.78 is 2.24. The van der Waals surface area contributed by atoms with Gasteiger partial charge in [0.2, 0.25) is 0 Å². The minimum Gasteiger partial charge on any atom is -0.352 e. The number of aryl methyl sites for hydroxylation is 2. The van der Waals surface area contributed by atoms with Crippen LogP contribution in [-0.2, 0) is 7.05 Å². The van der Waals surface area contributed by atoms with Gasteiger partial charge in [0.05, 0.1) is 17.8 Å². The van der Waals surface area contributed by atoms with Crippen LogP contribution < -0.4 is 10.2 Å². The maximum Gasteiger partial charge on any atom is 0.174 e. The van der Waals surface area contributed by atoms with E-state index < -0.39 is 0 Å². The number of rotatable bonds is 3. The van der Waals surface area contributed by atoms with E-state index in [1.54, 1.807) is 0 Å². The van der Waals surface area contributed by atoms with E-state index >= 15 is 0 Å². The Morgan fingerprint density at radius 1 is 1.04 bits per heavy atom. The SMILES string of the molecule is Cc1ccc(N2C(=S)N[C@H](c3ccccn3)[C@H]2c2cc(C)n(C)c2C)cc1. The predicted octanol–water partition coefficient (Wildman–Crippen LogP) is 4.52. The molecule has 0 bridgehead atoms. The molecule has 138 valence electrons. The van der Waals surface area contributed by atoms with Gasteiger partial charge in [-0.05, 0) is 68.9 Å². The number of nitrogens with one attached hydrogen (secondary N) is 1. The summed E-state index contributed by atoms with van der Waals surface area (Å²) in [6.45, 7) is 6.42. The van der Waals surface area contributed by atoms with Gasteiger partial charge in [-0.3, -0.25) is 4.98 Å². The molecule has 1 saturated heterocycles. The molecule has 27 heavy (non-hydrogen) atoms. The molecule has 3 heterocycles. The molecule has 0 amide bonds. The number of hydrogen-bond donors (Lipinski definition) is 1. The summed E-state index contributed by atoms with van der Waals surface area (Å²) in [6.07, 6.45) is 1.84. The summed E-state index contributed by atoms with van der Waals surface area (Å²) in [5.74, 6) is 0. The van der Waals surface area contributed by atoms with Crippen LogP contribution in [0.15, 0.2) is 54.7 Å². The van der Waals surface area contributed by atoms with Crippen molar-refractivity contribution >= 4 is 23.0 Å². The van der Waals surface area contributed by atoms with Gasteiger partial charge in [0.25, 0.3) is 0 Å². The van der Waals surface area contributed by atoms with Crippen molar-refractivity contribution in [1.29, 1.82) is 0 Å². The fourth-order valence-electron chi connectivity index (χ4n) is 3.84. The van der Waals surface area contributed by atoms with Crippen molar-refractivity contribution in [3.8, 4) is 0 Å². The zero-order chi connectivity index (χ0) is 19.1. The molecular formula is C22H24N4S. The Bertz CT molecular complexity index is 976. The highest BCUT2D eigenvalue weighted by atomic mass is 32.1. The van der Waals surface area contributed by atoms with E-state index in [1.165, 1.54) is 22.5 Å². The molecule has 1 fully saturated rings. The number of thiocarbonyl (C=S) groups is 1. The number of aromatic nitrogens is 2. The first-order valence-electron chi connectivity index (χ1n) is 9.17. The van der Waals surface area contributed by atoms with Crippen LogP contribution in [0.4, 0.5) is 5.69 Å². The van der Waals surface area contributed by atoms with Gasteiger partial charge in [0.15, 0.2) is 5.11 Å². The molecule has 3 aromatic rings. The number of hydrogen-bond acceptors (Lipinski definition) is 2. The Morgan fingerprint density at radius 3 is 2.37 bits per heavy atom. The Balaban J connectivity index is 1.87. The highest BCUT2D eigenvalue weighted by molar-refractivity contribution is 7.80. The van der Waals surface area contributed by atoms with Crippen LogP contribution >= 0.6 is 12.2 Å². The molecule has 0 unspecified atom stereocenters. The third-order valence-electron chi connectivity index (χ3n) is 5.54. The van der Waals surface area contributed by atoms with Gasteiger partial charge >= 0.3 is 0 Å². The van der Waals surface area contributed by atoms with Gasteiger partial charge in [-0.15, -0.1) is 0 Å². The second kappa shape index (κ2) is 6.82. The summed E-state index contributed by atoms with van der Waals surface area (Å²) in [4.78, 5) is 6.85. The van der Waals surface area contributed by atoms with Crippen molar-refractivity contribution in [3.05, 3.63) is 82.9 Å². The van der Waals surface area contributed by atoms with Crippen molar-refractivity contribution in [2.45, 2.75) is 32.9 Å². The lowest BCUT2D eigenvalue weighted by Gasteiger charge is -2.28. The highest BCUT2D eigenvalue weighted by Gasteiger charge is 2.41. The van der Waals surface area contributed by atoms with Crippen molar-refractivity contribution in [1.82, 2.24) is 14.9 Å². The monoisotopic (exact) mass is 376 g/mol.